The number of halogens is 3. The van der Waals surface area contributed by atoms with Crippen LogP contribution in [0.4, 0.5) is 0 Å². The van der Waals surface area contributed by atoms with Crippen molar-refractivity contribution in [2.75, 3.05) is 0 Å². The molecule has 1 heterocycles. The zero-order valence-electron chi connectivity index (χ0n) is 10.3. The molecular weight excluding hydrogens is 395 g/mol. The first-order valence-corrected chi connectivity index (χ1v) is 7.84. The first-order valence-electron chi connectivity index (χ1n) is 5.88. The Morgan fingerprint density at radius 1 is 1.37 bits per heavy atom. The zero-order chi connectivity index (χ0) is 14.0. The highest BCUT2D eigenvalue weighted by Crippen LogP contribution is 2.31. The van der Waals surface area contributed by atoms with Crippen molar-refractivity contribution in [2.45, 2.75) is 26.0 Å². The van der Waals surface area contributed by atoms with E-state index in [2.05, 4.69) is 43.9 Å². The van der Waals surface area contributed by atoms with Crippen LogP contribution in [0.3, 0.4) is 0 Å². The number of aliphatic hydroxyl groups is 1. The van der Waals surface area contributed by atoms with Crippen LogP contribution in [0.2, 0.25) is 5.02 Å². The monoisotopic (exact) mass is 406 g/mol. The van der Waals surface area contributed by atoms with Crippen molar-refractivity contribution in [2.24, 2.45) is 0 Å². The van der Waals surface area contributed by atoms with Crippen LogP contribution in [0.15, 0.2) is 33.3 Å². The second-order valence-electron chi connectivity index (χ2n) is 4.21. The van der Waals surface area contributed by atoms with Crippen molar-refractivity contribution in [3.05, 3.63) is 49.6 Å². The van der Waals surface area contributed by atoms with E-state index >= 15 is 0 Å². The van der Waals surface area contributed by atoms with Gasteiger partial charge in [0.15, 0.2) is 0 Å². The third kappa shape index (κ3) is 3.40. The SMILES string of the molecule is CCCn1ncc(Br)c1C(O)c1cc(Cl)cc(Br)c1. The van der Waals surface area contributed by atoms with E-state index in [4.69, 9.17) is 11.6 Å². The molecule has 0 saturated heterocycles. The molecule has 1 unspecified atom stereocenters. The lowest BCUT2D eigenvalue weighted by molar-refractivity contribution is 0.206. The van der Waals surface area contributed by atoms with Gasteiger partial charge in [0.05, 0.1) is 16.4 Å². The summed E-state index contributed by atoms with van der Waals surface area (Å²) in [5.41, 5.74) is 1.48. The Morgan fingerprint density at radius 2 is 2.11 bits per heavy atom. The summed E-state index contributed by atoms with van der Waals surface area (Å²) < 4.78 is 3.44. The second-order valence-corrected chi connectivity index (χ2v) is 6.41. The molecule has 0 saturated carbocycles. The standard InChI is InChI=1S/C13H13Br2ClN2O/c1-2-3-18-12(11(15)7-17-18)13(19)8-4-9(14)6-10(16)5-8/h4-7,13,19H,2-3H2,1H3. The Hall–Kier alpha value is -0.360. The van der Waals surface area contributed by atoms with Gasteiger partial charge in [-0.05, 0) is 46.1 Å². The topological polar surface area (TPSA) is 38.0 Å². The summed E-state index contributed by atoms with van der Waals surface area (Å²) in [5.74, 6) is 0. The van der Waals surface area contributed by atoms with E-state index < -0.39 is 6.10 Å². The molecular formula is C13H13Br2ClN2O. The molecule has 2 aromatic rings. The van der Waals surface area contributed by atoms with Crippen molar-refractivity contribution < 1.29 is 5.11 Å². The highest BCUT2D eigenvalue weighted by atomic mass is 79.9. The van der Waals surface area contributed by atoms with Crippen LogP contribution >= 0.6 is 43.5 Å². The van der Waals surface area contributed by atoms with E-state index in [0.717, 1.165) is 33.2 Å². The Balaban J connectivity index is 2.43. The fourth-order valence-corrected chi connectivity index (χ4v) is 3.32. The smallest absolute Gasteiger partial charge is 0.122 e. The summed E-state index contributed by atoms with van der Waals surface area (Å²) in [4.78, 5) is 0. The van der Waals surface area contributed by atoms with Crippen LogP contribution in [0.25, 0.3) is 0 Å². The predicted molar refractivity (Wildman–Crippen MR) is 83.4 cm³/mol. The van der Waals surface area contributed by atoms with Gasteiger partial charge in [-0.1, -0.05) is 34.5 Å². The van der Waals surface area contributed by atoms with Gasteiger partial charge in [0.1, 0.15) is 6.10 Å². The Labute approximate surface area is 133 Å². The largest absolute Gasteiger partial charge is 0.382 e. The van der Waals surface area contributed by atoms with Gasteiger partial charge in [0, 0.05) is 16.0 Å². The third-order valence-corrected chi connectivity index (χ3v) is 4.02. The number of hydrogen-bond acceptors (Lipinski definition) is 2. The molecule has 0 spiro atoms. The van der Waals surface area contributed by atoms with Crippen LogP contribution in [0.5, 0.6) is 0 Å². The molecule has 6 heteroatoms. The molecule has 1 aromatic carbocycles. The average Bonchev–Trinajstić information content (AvgIpc) is 2.69. The van der Waals surface area contributed by atoms with Gasteiger partial charge in [0.25, 0.3) is 0 Å². The maximum Gasteiger partial charge on any atom is 0.122 e. The molecule has 1 N–H and O–H groups in total. The number of hydrogen-bond donors (Lipinski definition) is 1. The van der Waals surface area contributed by atoms with Gasteiger partial charge < -0.3 is 5.11 Å². The molecule has 1 atom stereocenters. The molecule has 0 aliphatic carbocycles. The Morgan fingerprint density at radius 3 is 2.74 bits per heavy atom. The number of rotatable bonds is 4. The van der Waals surface area contributed by atoms with Crippen LogP contribution < -0.4 is 0 Å². The second kappa shape index (κ2) is 6.39. The van der Waals surface area contributed by atoms with Gasteiger partial charge in [-0.2, -0.15) is 5.10 Å². The van der Waals surface area contributed by atoms with Gasteiger partial charge >= 0.3 is 0 Å². The van der Waals surface area contributed by atoms with Crippen LogP contribution in [-0.2, 0) is 6.54 Å². The fraction of sp³-hybridized carbons (Fsp3) is 0.308. The van der Waals surface area contributed by atoms with E-state index in [1.54, 1.807) is 18.3 Å². The Bertz CT molecular complexity index is 566. The van der Waals surface area contributed by atoms with Crippen molar-refractivity contribution >= 4 is 43.5 Å². The minimum atomic E-state index is -0.765. The molecule has 0 radical (unpaired) electrons. The minimum absolute atomic E-state index is 0.584. The van der Waals surface area contributed by atoms with E-state index in [0.29, 0.717) is 5.02 Å². The summed E-state index contributed by atoms with van der Waals surface area (Å²) in [5, 5.41) is 15.4. The summed E-state index contributed by atoms with van der Waals surface area (Å²) in [7, 11) is 0. The maximum atomic E-state index is 10.5. The number of aromatic nitrogens is 2. The lowest BCUT2D eigenvalue weighted by Gasteiger charge is -2.15. The molecule has 19 heavy (non-hydrogen) atoms. The normalized spacial score (nSPS) is 12.7. The molecule has 0 amide bonds. The van der Waals surface area contributed by atoms with Gasteiger partial charge in [-0.15, -0.1) is 0 Å². The fourth-order valence-electron chi connectivity index (χ4n) is 1.92. The van der Waals surface area contributed by atoms with Crippen molar-refractivity contribution in [3.8, 4) is 0 Å². The van der Waals surface area contributed by atoms with E-state index in [9.17, 15) is 5.11 Å². The zero-order valence-corrected chi connectivity index (χ0v) is 14.2. The first kappa shape index (κ1) is 15.0. The van der Waals surface area contributed by atoms with Crippen molar-refractivity contribution in [1.29, 1.82) is 0 Å². The van der Waals surface area contributed by atoms with Gasteiger partial charge in [0.2, 0.25) is 0 Å². The minimum Gasteiger partial charge on any atom is -0.382 e. The van der Waals surface area contributed by atoms with Gasteiger partial charge in [-0.3, -0.25) is 4.68 Å². The summed E-state index contributed by atoms with van der Waals surface area (Å²) in [6.07, 6.45) is 1.89. The molecule has 3 nitrogen and oxygen atoms in total. The average molecular weight is 409 g/mol. The van der Waals surface area contributed by atoms with E-state index in [-0.39, 0.29) is 0 Å². The van der Waals surface area contributed by atoms with Crippen LogP contribution in [0, 0.1) is 0 Å². The lowest BCUT2D eigenvalue weighted by atomic mass is 10.1. The molecule has 102 valence electrons. The number of aliphatic hydroxyl groups excluding tert-OH is 1. The highest BCUT2D eigenvalue weighted by molar-refractivity contribution is 9.10. The number of nitrogens with zero attached hydrogens (tertiary/aromatic N) is 2. The molecule has 0 fully saturated rings. The quantitative estimate of drug-likeness (QED) is 0.806. The molecule has 0 aliphatic heterocycles. The lowest BCUT2D eigenvalue weighted by Crippen LogP contribution is -2.10. The van der Waals surface area contributed by atoms with E-state index in [1.807, 2.05) is 10.7 Å². The number of aryl methyl sites for hydroxylation is 1. The van der Waals surface area contributed by atoms with Crippen molar-refractivity contribution in [3.63, 3.8) is 0 Å². The third-order valence-electron chi connectivity index (χ3n) is 2.73. The molecule has 2 rings (SSSR count). The molecule has 0 bridgehead atoms. The first-order chi connectivity index (χ1) is 9.02. The van der Waals surface area contributed by atoms with E-state index in [1.165, 1.54) is 0 Å². The summed E-state index contributed by atoms with van der Waals surface area (Å²) >= 11 is 12.8. The predicted octanol–water partition coefficient (Wildman–Crippen LogP) is 4.55. The van der Waals surface area contributed by atoms with Gasteiger partial charge in [-0.25, -0.2) is 0 Å². The van der Waals surface area contributed by atoms with Crippen LogP contribution in [0.1, 0.15) is 30.7 Å². The van der Waals surface area contributed by atoms with Crippen LogP contribution in [-0.4, -0.2) is 14.9 Å². The summed E-state index contributed by atoms with van der Waals surface area (Å²) in [6.45, 7) is 2.83. The Kier molecular flexibility index (Phi) is 5.06. The summed E-state index contributed by atoms with van der Waals surface area (Å²) in [6, 6.07) is 5.40. The number of benzene rings is 1. The van der Waals surface area contributed by atoms with Crippen molar-refractivity contribution in [1.82, 2.24) is 9.78 Å². The maximum absolute atomic E-state index is 10.5. The highest BCUT2D eigenvalue weighted by Gasteiger charge is 2.20. The molecule has 1 aromatic heterocycles. The molecule has 0 aliphatic rings.